The molecule has 0 aromatic heterocycles. The van der Waals surface area contributed by atoms with Crippen molar-refractivity contribution in [2.75, 3.05) is 19.6 Å². The minimum atomic E-state index is -0.657. The number of benzene rings is 1. The number of halogens is 2. The molecule has 1 N–H and O–H groups in total. The summed E-state index contributed by atoms with van der Waals surface area (Å²) in [6.07, 6.45) is 4.39. The van der Waals surface area contributed by atoms with Crippen LogP contribution in [-0.4, -0.2) is 36.5 Å². The lowest BCUT2D eigenvalue weighted by Crippen LogP contribution is -2.45. The number of likely N-dealkylation sites (tertiary alicyclic amines) is 1. The van der Waals surface area contributed by atoms with Gasteiger partial charge in [-0.05, 0) is 56.3 Å². The number of amides is 1. The lowest BCUT2D eigenvalue weighted by Gasteiger charge is -2.32. The zero-order chi connectivity index (χ0) is 14.8. The van der Waals surface area contributed by atoms with Crippen molar-refractivity contribution in [3.63, 3.8) is 0 Å². The van der Waals surface area contributed by atoms with Crippen molar-refractivity contribution in [1.82, 2.24) is 10.2 Å². The fourth-order valence-electron chi connectivity index (χ4n) is 2.77. The van der Waals surface area contributed by atoms with Crippen LogP contribution < -0.4 is 5.32 Å². The summed E-state index contributed by atoms with van der Waals surface area (Å²) >= 11 is 0. The average Bonchev–Trinajstić information content (AvgIpc) is 3.32. The van der Waals surface area contributed by atoms with Gasteiger partial charge in [-0.25, -0.2) is 8.78 Å². The van der Waals surface area contributed by atoms with Gasteiger partial charge in [0.05, 0.1) is 5.56 Å². The van der Waals surface area contributed by atoms with Gasteiger partial charge in [-0.1, -0.05) is 0 Å². The summed E-state index contributed by atoms with van der Waals surface area (Å²) in [4.78, 5) is 13.9. The fourth-order valence-corrected chi connectivity index (χ4v) is 2.77. The van der Waals surface area contributed by atoms with Crippen molar-refractivity contribution in [2.24, 2.45) is 5.92 Å². The fraction of sp³-hybridized carbons (Fsp3) is 0.562. The number of nitrogens with zero attached hydrogens (tertiary/aromatic N) is 1. The van der Waals surface area contributed by atoms with E-state index in [4.69, 9.17) is 0 Å². The van der Waals surface area contributed by atoms with Crippen LogP contribution in [0.25, 0.3) is 0 Å². The van der Waals surface area contributed by atoms with E-state index < -0.39 is 17.5 Å². The van der Waals surface area contributed by atoms with Crippen LogP contribution in [0.2, 0.25) is 0 Å². The Hall–Kier alpha value is -1.49. The van der Waals surface area contributed by atoms with E-state index in [0.29, 0.717) is 19.1 Å². The van der Waals surface area contributed by atoms with E-state index in [1.807, 2.05) is 0 Å². The number of hydrogen-bond acceptors (Lipinski definition) is 2. The first-order valence-electron chi connectivity index (χ1n) is 7.61. The number of piperidine rings is 1. The second kappa shape index (κ2) is 6.10. The normalized spacial score (nSPS) is 19.8. The Kier molecular flexibility index (Phi) is 4.19. The van der Waals surface area contributed by atoms with Crippen LogP contribution in [0.1, 0.15) is 36.0 Å². The number of rotatable bonds is 4. The molecule has 114 valence electrons. The Labute approximate surface area is 123 Å². The van der Waals surface area contributed by atoms with Gasteiger partial charge in [-0.15, -0.1) is 0 Å². The molecule has 3 nitrogen and oxygen atoms in total. The van der Waals surface area contributed by atoms with Crippen LogP contribution in [-0.2, 0) is 0 Å². The zero-order valence-electron chi connectivity index (χ0n) is 11.9. The highest BCUT2D eigenvalue weighted by atomic mass is 19.1. The van der Waals surface area contributed by atoms with E-state index in [-0.39, 0.29) is 5.56 Å². The van der Waals surface area contributed by atoms with Crippen molar-refractivity contribution in [3.8, 4) is 0 Å². The molecule has 2 aliphatic rings. The van der Waals surface area contributed by atoms with Gasteiger partial charge in [0.2, 0.25) is 0 Å². The monoisotopic (exact) mass is 294 g/mol. The zero-order valence-corrected chi connectivity index (χ0v) is 11.9. The summed E-state index contributed by atoms with van der Waals surface area (Å²) < 4.78 is 26.8. The molecule has 1 amide bonds. The highest BCUT2D eigenvalue weighted by molar-refractivity contribution is 5.94. The second-order valence-corrected chi connectivity index (χ2v) is 6.04. The molecular formula is C16H20F2N2O. The van der Waals surface area contributed by atoms with Crippen molar-refractivity contribution in [2.45, 2.75) is 31.7 Å². The molecule has 1 heterocycles. The van der Waals surface area contributed by atoms with Gasteiger partial charge >= 0.3 is 0 Å². The highest BCUT2D eigenvalue weighted by Crippen LogP contribution is 2.28. The molecule has 2 fully saturated rings. The number of hydrogen-bond donors (Lipinski definition) is 1. The van der Waals surface area contributed by atoms with Gasteiger partial charge in [0.15, 0.2) is 0 Å². The van der Waals surface area contributed by atoms with Gasteiger partial charge in [0.1, 0.15) is 11.6 Å². The summed E-state index contributed by atoms with van der Waals surface area (Å²) in [5.74, 6) is -0.810. The smallest absolute Gasteiger partial charge is 0.256 e. The number of carbonyl (C=O) groups excluding carboxylic acids is 1. The SMILES string of the molecule is O=C(c1cc(F)ccc1F)N1CCC(NCC2CC2)CC1. The summed E-state index contributed by atoms with van der Waals surface area (Å²) in [5, 5.41) is 3.53. The van der Waals surface area contributed by atoms with Crippen LogP contribution in [0.3, 0.4) is 0 Å². The molecule has 0 atom stereocenters. The predicted molar refractivity (Wildman–Crippen MR) is 76.0 cm³/mol. The molecule has 3 rings (SSSR count). The van der Waals surface area contributed by atoms with E-state index in [2.05, 4.69) is 5.32 Å². The third kappa shape index (κ3) is 3.59. The first kappa shape index (κ1) is 14.4. The van der Waals surface area contributed by atoms with Crippen molar-refractivity contribution >= 4 is 5.91 Å². The van der Waals surface area contributed by atoms with E-state index >= 15 is 0 Å². The summed E-state index contributed by atoms with van der Waals surface area (Å²) in [6.45, 7) is 2.26. The quantitative estimate of drug-likeness (QED) is 0.925. The molecule has 1 aliphatic carbocycles. The maximum Gasteiger partial charge on any atom is 0.256 e. The number of nitrogens with one attached hydrogen (secondary N) is 1. The lowest BCUT2D eigenvalue weighted by atomic mass is 10.0. The van der Waals surface area contributed by atoms with E-state index in [0.717, 1.165) is 43.5 Å². The van der Waals surface area contributed by atoms with Crippen LogP contribution in [0.15, 0.2) is 18.2 Å². The molecule has 0 radical (unpaired) electrons. The third-order valence-corrected chi connectivity index (χ3v) is 4.33. The second-order valence-electron chi connectivity index (χ2n) is 6.04. The Bertz CT molecular complexity index is 523. The molecule has 21 heavy (non-hydrogen) atoms. The van der Waals surface area contributed by atoms with Crippen molar-refractivity contribution in [1.29, 1.82) is 0 Å². The van der Waals surface area contributed by atoms with Gasteiger partial charge in [-0.2, -0.15) is 0 Å². The van der Waals surface area contributed by atoms with Crippen LogP contribution >= 0.6 is 0 Å². The topological polar surface area (TPSA) is 32.3 Å². The highest BCUT2D eigenvalue weighted by Gasteiger charge is 2.27. The first-order chi connectivity index (χ1) is 10.1. The largest absolute Gasteiger partial charge is 0.338 e. The van der Waals surface area contributed by atoms with Gasteiger partial charge < -0.3 is 10.2 Å². The van der Waals surface area contributed by atoms with Gasteiger partial charge in [-0.3, -0.25) is 4.79 Å². The van der Waals surface area contributed by atoms with Crippen molar-refractivity contribution in [3.05, 3.63) is 35.4 Å². The molecule has 0 unspecified atom stereocenters. The van der Waals surface area contributed by atoms with Crippen molar-refractivity contribution < 1.29 is 13.6 Å². The van der Waals surface area contributed by atoms with Crippen LogP contribution in [0.5, 0.6) is 0 Å². The number of carbonyl (C=O) groups is 1. The molecule has 1 saturated carbocycles. The molecule has 1 saturated heterocycles. The standard InChI is InChI=1S/C16H20F2N2O/c17-12-3-4-15(18)14(9-12)16(21)20-7-5-13(6-8-20)19-10-11-1-2-11/h3-4,9,11,13,19H,1-2,5-8,10H2. The Morgan fingerprint density at radius 1 is 1.19 bits per heavy atom. The maximum atomic E-state index is 13.6. The van der Waals surface area contributed by atoms with E-state index in [1.54, 1.807) is 4.90 Å². The van der Waals surface area contributed by atoms with Gasteiger partial charge in [0, 0.05) is 19.1 Å². The molecule has 0 spiro atoms. The van der Waals surface area contributed by atoms with E-state index in [9.17, 15) is 13.6 Å². The van der Waals surface area contributed by atoms with Gasteiger partial charge in [0.25, 0.3) is 5.91 Å². The predicted octanol–water partition coefficient (Wildman–Crippen LogP) is 2.57. The molecule has 1 aromatic carbocycles. The summed E-state index contributed by atoms with van der Waals surface area (Å²) in [5.41, 5.74) is -0.167. The Morgan fingerprint density at radius 3 is 2.57 bits per heavy atom. The van der Waals surface area contributed by atoms with Crippen LogP contribution in [0, 0.1) is 17.6 Å². The Morgan fingerprint density at radius 2 is 1.90 bits per heavy atom. The molecule has 5 heteroatoms. The maximum absolute atomic E-state index is 13.6. The minimum Gasteiger partial charge on any atom is -0.338 e. The summed E-state index contributed by atoms with van der Waals surface area (Å²) in [7, 11) is 0. The summed E-state index contributed by atoms with van der Waals surface area (Å²) in [6, 6.07) is 3.45. The molecular weight excluding hydrogens is 274 g/mol. The first-order valence-corrected chi connectivity index (χ1v) is 7.61. The minimum absolute atomic E-state index is 0.167. The van der Waals surface area contributed by atoms with Crippen LogP contribution in [0.4, 0.5) is 8.78 Å². The molecule has 1 aliphatic heterocycles. The molecule has 0 bridgehead atoms. The average molecular weight is 294 g/mol. The molecule has 1 aromatic rings. The third-order valence-electron chi connectivity index (χ3n) is 4.33. The lowest BCUT2D eigenvalue weighted by molar-refractivity contribution is 0.0699. The Balaban J connectivity index is 1.55. The van der Waals surface area contributed by atoms with E-state index in [1.165, 1.54) is 12.8 Å².